The van der Waals surface area contributed by atoms with Gasteiger partial charge in [0.05, 0.1) is 7.11 Å². The molecule has 1 aromatic carbocycles. The molecule has 0 saturated carbocycles. The normalized spacial score (nSPS) is 13.3. The van der Waals surface area contributed by atoms with Crippen molar-refractivity contribution in [3.8, 4) is 0 Å². The fourth-order valence-electron chi connectivity index (χ4n) is 2.28. The van der Waals surface area contributed by atoms with Gasteiger partial charge in [-0.2, -0.15) is 0 Å². The first kappa shape index (κ1) is 22.4. The number of hydrogen-bond donors (Lipinski definition) is 1. The van der Waals surface area contributed by atoms with Crippen LogP contribution in [0.2, 0.25) is 0 Å². The molecule has 0 spiro atoms. The molecule has 0 aliphatic heterocycles. The monoisotopic (exact) mass is 382 g/mol. The summed E-state index contributed by atoms with van der Waals surface area (Å²) in [5.74, 6) is -1.50. The molecular formula is C19H27FN2O5. The van der Waals surface area contributed by atoms with E-state index in [0.717, 1.165) is 0 Å². The maximum atomic E-state index is 13.1. The zero-order valence-electron chi connectivity index (χ0n) is 16.5. The van der Waals surface area contributed by atoms with Crippen LogP contribution >= 0.6 is 0 Å². The molecule has 0 bridgehead atoms. The van der Waals surface area contributed by atoms with E-state index >= 15 is 0 Å². The molecule has 27 heavy (non-hydrogen) atoms. The third-order valence-electron chi connectivity index (χ3n) is 3.66. The number of benzene rings is 1. The third-order valence-corrected chi connectivity index (χ3v) is 3.66. The lowest BCUT2D eigenvalue weighted by Crippen LogP contribution is -2.52. The SMILES string of the molecule is COC(=O)[C@H](C)N(Cc1ccc(F)cc1)C(=O)C(C)NC(=O)OC(C)(C)C. The summed E-state index contributed by atoms with van der Waals surface area (Å²) < 4.78 is 23.0. The summed E-state index contributed by atoms with van der Waals surface area (Å²) in [4.78, 5) is 38.0. The standard InChI is InChI=1S/C19H27FN2O5/c1-12(21-18(25)27-19(3,4)5)16(23)22(13(2)17(24)26-6)11-14-7-9-15(20)10-8-14/h7-10,12-13H,11H2,1-6H3,(H,21,25)/t12?,13-/m0/s1. The summed E-state index contributed by atoms with van der Waals surface area (Å²) in [5, 5.41) is 2.46. The van der Waals surface area contributed by atoms with Gasteiger partial charge in [-0.25, -0.2) is 14.0 Å². The number of ether oxygens (including phenoxy) is 2. The molecule has 1 aromatic rings. The van der Waals surface area contributed by atoms with Crippen molar-refractivity contribution >= 4 is 18.0 Å². The summed E-state index contributed by atoms with van der Waals surface area (Å²) in [7, 11) is 1.22. The molecule has 1 unspecified atom stereocenters. The fourth-order valence-corrected chi connectivity index (χ4v) is 2.28. The van der Waals surface area contributed by atoms with Crippen molar-refractivity contribution in [3.63, 3.8) is 0 Å². The van der Waals surface area contributed by atoms with Gasteiger partial charge in [0.25, 0.3) is 0 Å². The molecule has 2 amide bonds. The van der Waals surface area contributed by atoms with Crippen LogP contribution in [0, 0.1) is 5.82 Å². The van der Waals surface area contributed by atoms with E-state index in [2.05, 4.69) is 5.32 Å². The van der Waals surface area contributed by atoms with Crippen molar-refractivity contribution in [3.05, 3.63) is 35.6 Å². The average molecular weight is 382 g/mol. The highest BCUT2D eigenvalue weighted by molar-refractivity contribution is 5.89. The minimum absolute atomic E-state index is 0.0513. The Balaban J connectivity index is 2.96. The van der Waals surface area contributed by atoms with Crippen LogP contribution in [0.25, 0.3) is 0 Å². The van der Waals surface area contributed by atoms with Gasteiger partial charge in [-0.3, -0.25) is 4.79 Å². The molecule has 150 valence electrons. The van der Waals surface area contributed by atoms with Crippen LogP contribution in [0.1, 0.15) is 40.2 Å². The zero-order chi connectivity index (χ0) is 20.8. The van der Waals surface area contributed by atoms with Gasteiger partial charge in [-0.1, -0.05) is 12.1 Å². The van der Waals surface area contributed by atoms with Crippen molar-refractivity contribution in [1.29, 1.82) is 0 Å². The molecule has 0 aromatic heterocycles. The first-order chi connectivity index (χ1) is 12.4. The first-order valence-electron chi connectivity index (χ1n) is 8.57. The van der Waals surface area contributed by atoms with Gasteiger partial charge in [-0.05, 0) is 52.3 Å². The largest absolute Gasteiger partial charge is 0.467 e. The molecule has 1 rings (SSSR count). The van der Waals surface area contributed by atoms with Crippen LogP contribution in [0.5, 0.6) is 0 Å². The number of nitrogens with zero attached hydrogens (tertiary/aromatic N) is 1. The van der Waals surface area contributed by atoms with E-state index in [1.807, 2.05) is 0 Å². The number of carbonyl (C=O) groups is 3. The molecule has 2 atom stereocenters. The Hall–Kier alpha value is -2.64. The number of hydrogen-bond acceptors (Lipinski definition) is 5. The molecule has 0 radical (unpaired) electrons. The fraction of sp³-hybridized carbons (Fsp3) is 0.526. The lowest BCUT2D eigenvalue weighted by atomic mass is 10.1. The van der Waals surface area contributed by atoms with E-state index in [0.29, 0.717) is 5.56 Å². The van der Waals surface area contributed by atoms with E-state index in [-0.39, 0.29) is 6.54 Å². The lowest BCUT2D eigenvalue weighted by Gasteiger charge is -2.30. The maximum Gasteiger partial charge on any atom is 0.408 e. The van der Waals surface area contributed by atoms with E-state index in [9.17, 15) is 18.8 Å². The van der Waals surface area contributed by atoms with Crippen molar-refractivity contribution < 1.29 is 28.2 Å². The van der Waals surface area contributed by atoms with Gasteiger partial charge < -0.3 is 19.7 Å². The molecule has 0 saturated heterocycles. The Bertz CT molecular complexity index is 670. The number of halogens is 1. The summed E-state index contributed by atoms with van der Waals surface area (Å²) in [6, 6.07) is 3.74. The molecule has 1 N–H and O–H groups in total. The zero-order valence-corrected chi connectivity index (χ0v) is 16.5. The summed E-state index contributed by atoms with van der Waals surface area (Å²) >= 11 is 0. The number of methoxy groups -OCH3 is 1. The van der Waals surface area contributed by atoms with Gasteiger partial charge in [0.2, 0.25) is 5.91 Å². The summed E-state index contributed by atoms with van der Waals surface area (Å²) in [5.41, 5.74) is -0.0788. The Morgan fingerprint density at radius 3 is 2.19 bits per heavy atom. The van der Waals surface area contributed by atoms with Gasteiger partial charge in [0, 0.05) is 6.54 Å². The van der Waals surface area contributed by atoms with Crippen molar-refractivity contribution in [1.82, 2.24) is 10.2 Å². The van der Waals surface area contributed by atoms with E-state index in [1.54, 1.807) is 20.8 Å². The number of nitrogens with one attached hydrogen (secondary N) is 1. The van der Waals surface area contributed by atoms with Crippen LogP contribution in [-0.4, -0.2) is 47.7 Å². The van der Waals surface area contributed by atoms with Crippen LogP contribution in [0.3, 0.4) is 0 Å². The van der Waals surface area contributed by atoms with E-state index in [1.165, 1.54) is 50.1 Å². The molecular weight excluding hydrogens is 355 g/mol. The molecule has 0 aliphatic rings. The average Bonchev–Trinajstić information content (AvgIpc) is 2.57. The maximum absolute atomic E-state index is 13.1. The summed E-state index contributed by atoms with van der Waals surface area (Å²) in [6.45, 7) is 8.19. The predicted molar refractivity (Wildman–Crippen MR) is 97.3 cm³/mol. The number of esters is 1. The van der Waals surface area contributed by atoms with Crippen LogP contribution in [0.4, 0.5) is 9.18 Å². The number of rotatable bonds is 6. The second-order valence-electron chi connectivity index (χ2n) is 7.16. The van der Waals surface area contributed by atoms with E-state index < -0.39 is 41.5 Å². The summed E-state index contributed by atoms with van der Waals surface area (Å²) in [6.07, 6.45) is -0.740. The number of carbonyl (C=O) groups excluding carboxylic acids is 3. The topological polar surface area (TPSA) is 84.9 Å². The minimum Gasteiger partial charge on any atom is -0.467 e. The Kier molecular flexibility index (Phi) is 7.75. The third kappa shape index (κ3) is 7.24. The molecule has 0 fully saturated rings. The molecule has 7 nitrogen and oxygen atoms in total. The van der Waals surface area contributed by atoms with Crippen LogP contribution < -0.4 is 5.32 Å². The smallest absolute Gasteiger partial charge is 0.408 e. The van der Waals surface area contributed by atoms with Crippen LogP contribution in [-0.2, 0) is 25.6 Å². The van der Waals surface area contributed by atoms with Crippen LogP contribution in [0.15, 0.2) is 24.3 Å². The Morgan fingerprint density at radius 2 is 1.70 bits per heavy atom. The number of alkyl carbamates (subject to hydrolysis) is 1. The quantitative estimate of drug-likeness (QED) is 0.765. The lowest BCUT2D eigenvalue weighted by molar-refractivity contribution is -0.153. The Morgan fingerprint density at radius 1 is 1.15 bits per heavy atom. The highest BCUT2D eigenvalue weighted by Crippen LogP contribution is 2.13. The number of amides is 2. The second kappa shape index (κ2) is 9.34. The van der Waals surface area contributed by atoms with Gasteiger partial charge in [0.1, 0.15) is 23.5 Å². The molecule has 0 heterocycles. The van der Waals surface area contributed by atoms with Gasteiger partial charge >= 0.3 is 12.1 Å². The predicted octanol–water partition coefficient (Wildman–Crippen LogP) is 2.63. The van der Waals surface area contributed by atoms with Gasteiger partial charge in [0.15, 0.2) is 0 Å². The van der Waals surface area contributed by atoms with Crippen molar-refractivity contribution in [2.45, 2.75) is 58.8 Å². The van der Waals surface area contributed by atoms with Crippen molar-refractivity contribution in [2.24, 2.45) is 0 Å². The molecule has 8 heteroatoms. The van der Waals surface area contributed by atoms with Gasteiger partial charge in [-0.15, -0.1) is 0 Å². The molecule has 0 aliphatic carbocycles. The minimum atomic E-state index is -0.938. The van der Waals surface area contributed by atoms with E-state index in [4.69, 9.17) is 9.47 Å². The highest BCUT2D eigenvalue weighted by Gasteiger charge is 2.31. The first-order valence-corrected chi connectivity index (χ1v) is 8.57. The second-order valence-corrected chi connectivity index (χ2v) is 7.16. The van der Waals surface area contributed by atoms with Crippen molar-refractivity contribution in [2.75, 3.05) is 7.11 Å². The highest BCUT2D eigenvalue weighted by atomic mass is 19.1. The Labute approximate surface area is 158 Å².